The summed E-state index contributed by atoms with van der Waals surface area (Å²) in [5, 5.41) is 2.97. The van der Waals surface area contributed by atoms with E-state index in [1.165, 1.54) is 11.3 Å². The Morgan fingerprint density at radius 3 is 2.78 bits per heavy atom. The first-order chi connectivity index (χ1) is 8.47. The molecule has 0 spiro atoms. The first-order valence-corrected chi connectivity index (χ1v) is 6.21. The van der Waals surface area contributed by atoms with Crippen LogP contribution in [0.25, 0.3) is 10.1 Å². The normalized spacial score (nSPS) is 14.0. The van der Waals surface area contributed by atoms with Crippen molar-refractivity contribution in [3.8, 4) is 0 Å². The third kappa shape index (κ3) is 3.22. The number of hydrogen-bond acceptors (Lipinski definition) is 3. The van der Waals surface area contributed by atoms with Crippen molar-refractivity contribution < 1.29 is 17.9 Å². The van der Waals surface area contributed by atoms with Crippen molar-refractivity contribution in [1.82, 2.24) is 0 Å². The van der Waals surface area contributed by atoms with Gasteiger partial charge in [0.15, 0.2) is 0 Å². The fourth-order valence-electron chi connectivity index (χ4n) is 1.70. The lowest BCUT2D eigenvalue weighted by Gasteiger charge is -2.14. The molecule has 0 aliphatic heterocycles. The molecule has 0 aliphatic carbocycles. The van der Waals surface area contributed by atoms with Gasteiger partial charge >= 0.3 is 6.18 Å². The van der Waals surface area contributed by atoms with Crippen LogP contribution in [0.4, 0.5) is 13.2 Å². The van der Waals surface area contributed by atoms with Crippen LogP contribution in [0.2, 0.25) is 0 Å². The molecule has 2 rings (SSSR count). The monoisotopic (exact) mass is 275 g/mol. The number of thiophene rings is 1. The molecule has 0 saturated carbocycles. The van der Waals surface area contributed by atoms with Gasteiger partial charge in [-0.3, -0.25) is 0 Å². The molecule has 0 bridgehead atoms. The van der Waals surface area contributed by atoms with Gasteiger partial charge in [0.05, 0.1) is 12.6 Å². The Morgan fingerprint density at radius 1 is 1.28 bits per heavy atom. The zero-order valence-electron chi connectivity index (χ0n) is 9.41. The standard InChI is InChI=1S/C12H12F3NOS/c13-12(14,15)7-17-6-10(16)9-3-1-2-8-4-5-18-11(8)9/h1-5,10H,6-7,16H2. The van der Waals surface area contributed by atoms with Crippen LogP contribution < -0.4 is 5.73 Å². The first-order valence-electron chi connectivity index (χ1n) is 5.33. The minimum Gasteiger partial charge on any atom is -0.370 e. The van der Waals surface area contributed by atoms with E-state index in [-0.39, 0.29) is 6.61 Å². The highest BCUT2D eigenvalue weighted by Crippen LogP contribution is 2.28. The molecule has 0 saturated heterocycles. The quantitative estimate of drug-likeness (QED) is 0.927. The first kappa shape index (κ1) is 13.3. The van der Waals surface area contributed by atoms with Gasteiger partial charge in [-0.2, -0.15) is 13.2 Å². The molecule has 2 nitrogen and oxygen atoms in total. The van der Waals surface area contributed by atoms with E-state index in [1.54, 1.807) is 0 Å². The lowest BCUT2D eigenvalue weighted by Crippen LogP contribution is -2.23. The van der Waals surface area contributed by atoms with E-state index in [0.29, 0.717) is 0 Å². The van der Waals surface area contributed by atoms with Crippen LogP contribution in [0.3, 0.4) is 0 Å². The van der Waals surface area contributed by atoms with Gasteiger partial charge < -0.3 is 10.5 Å². The predicted octanol–water partition coefficient (Wildman–Crippen LogP) is 3.48. The Kier molecular flexibility index (Phi) is 3.89. The van der Waals surface area contributed by atoms with E-state index in [0.717, 1.165) is 15.6 Å². The maximum atomic E-state index is 11.9. The van der Waals surface area contributed by atoms with E-state index >= 15 is 0 Å². The second-order valence-corrected chi connectivity index (χ2v) is 4.84. The molecule has 2 N–H and O–H groups in total. The summed E-state index contributed by atoms with van der Waals surface area (Å²) in [5.41, 5.74) is 6.69. The summed E-state index contributed by atoms with van der Waals surface area (Å²) < 4.78 is 41.4. The lowest BCUT2D eigenvalue weighted by molar-refractivity contribution is -0.174. The Balaban J connectivity index is 2.05. The number of hydrogen-bond donors (Lipinski definition) is 1. The molecule has 1 unspecified atom stereocenters. The Labute approximate surface area is 106 Å². The summed E-state index contributed by atoms with van der Waals surface area (Å²) in [6.45, 7) is -1.41. The minimum absolute atomic E-state index is 0.142. The Hall–Kier alpha value is -1.11. The maximum absolute atomic E-state index is 11.9. The fourth-order valence-corrected chi connectivity index (χ4v) is 2.68. The smallest absolute Gasteiger partial charge is 0.370 e. The summed E-state index contributed by atoms with van der Waals surface area (Å²) in [5.74, 6) is 0. The van der Waals surface area contributed by atoms with E-state index in [4.69, 9.17) is 5.73 Å². The molecule has 2 aromatic rings. The third-order valence-corrected chi connectivity index (χ3v) is 3.45. The van der Waals surface area contributed by atoms with Crippen LogP contribution in [0.15, 0.2) is 29.6 Å². The molecule has 98 valence electrons. The topological polar surface area (TPSA) is 35.2 Å². The molecule has 0 fully saturated rings. The summed E-state index contributed by atoms with van der Waals surface area (Å²) in [6.07, 6.45) is -4.31. The van der Waals surface area contributed by atoms with Gasteiger partial charge in [-0.1, -0.05) is 18.2 Å². The van der Waals surface area contributed by atoms with Crippen LogP contribution in [0, 0.1) is 0 Å². The minimum atomic E-state index is -4.31. The largest absolute Gasteiger partial charge is 0.411 e. The van der Waals surface area contributed by atoms with Crippen molar-refractivity contribution in [1.29, 1.82) is 0 Å². The second-order valence-electron chi connectivity index (χ2n) is 3.92. The number of rotatable bonds is 4. The molecule has 1 heterocycles. The van der Waals surface area contributed by atoms with Crippen molar-refractivity contribution in [3.05, 3.63) is 35.2 Å². The van der Waals surface area contributed by atoms with E-state index in [9.17, 15) is 13.2 Å². The van der Waals surface area contributed by atoms with Crippen molar-refractivity contribution >= 4 is 21.4 Å². The Morgan fingerprint density at radius 2 is 2.06 bits per heavy atom. The van der Waals surface area contributed by atoms with Gasteiger partial charge in [0, 0.05) is 4.70 Å². The van der Waals surface area contributed by atoms with E-state index in [2.05, 4.69) is 4.74 Å². The van der Waals surface area contributed by atoms with Crippen LogP contribution in [0.1, 0.15) is 11.6 Å². The van der Waals surface area contributed by atoms with Crippen LogP contribution in [0.5, 0.6) is 0 Å². The maximum Gasteiger partial charge on any atom is 0.411 e. The van der Waals surface area contributed by atoms with Gasteiger partial charge in [-0.25, -0.2) is 0 Å². The summed E-state index contributed by atoms with van der Waals surface area (Å²) in [4.78, 5) is 0. The summed E-state index contributed by atoms with van der Waals surface area (Å²) in [7, 11) is 0. The van der Waals surface area contributed by atoms with Gasteiger partial charge in [-0.15, -0.1) is 11.3 Å². The highest BCUT2D eigenvalue weighted by Gasteiger charge is 2.27. The number of halogens is 3. The third-order valence-electron chi connectivity index (χ3n) is 2.47. The SMILES string of the molecule is NC(COCC(F)(F)F)c1cccc2ccsc12. The average molecular weight is 275 g/mol. The van der Waals surface area contributed by atoms with Gasteiger partial charge in [0.1, 0.15) is 6.61 Å². The number of nitrogens with two attached hydrogens (primary N) is 1. The van der Waals surface area contributed by atoms with Crippen LogP contribution in [-0.4, -0.2) is 19.4 Å². The predicted molar refractivity (Wildman–Crippen MR) is 65.6 cm³/mol. The molecule has 0 radical (unpaired) electrons. The van der Waals surface area contributed by atoms with Crippen LogP contribution >= 0.6 is 11.3 Å². The molecule has 1 aromatic heterocycles. The zero-order chi connectivity index (χ0) is 13.2. The zero-order valence-corrected chi connectivity index (χ0v) is 10.2. The van der Waals surface area contributed by atoms with E-state index < -0.39 is 18.8 Å². The van der Waals surface area contributed by atoms with Crippen molar-refractivity contribution in [2.45, 2.75) is 12.2 Å². The number of ether oxygens (including phenoxy) is 1. The molecule has 0 amide bonds. The van der Waals surface area contributed by atoms with Crippen molar-refractivity contribution in [2.75, 3.05) is 13.2 Å². The Bertz CT molecular complexity index is 523. The summed E-state index contributed by atoms with van der Waals surface area (Å²) >= 11 is 1.52. The van der Waals surface area contributed by atoms with E-state index in [1.807, 2.05) is 29.6 Å². The molecule has 18 heavy (non-hydrogen) atoms. The molecule has 1 aromatic carbocycles. The van der Waals surface area contributed by atoms with Gasteiger partial charge in [-0.05, 0) is 22.4 Å². The fraction of sp³-hybridized carbons (Fsp3) is 0.333. The van der Waals surface area contributed by atoms with Crippen LogP contribution in [-0.2, 0) is 4.74 Å². The number of fused-ring (bicyclic) bond motifs is 1. The second kappa shape index (κ2) is 5.26. The van der Waals surface area contributed by atoms with Crippen molar-refractivity contribution in [3.63, 3.8) is 0 Å². The number of benzene rings is 1. The molecule has 1 atom stereocenters. The highest BCUT2D eigenvalue weighted by atomic mass is 32.1. The van der Waals surface area contributed by atoms with Gasteiger partial charge in [0.25, 0.3) is 0 Å². The number of alkyl halides is 3. The molecular weight excluding hydrogens is 263 g/mol. The molecule has 6 heteroatoms. The summed E-state index contributed by atoms with van der Waals surface area (Å²) in [6, 6.07) is 7.01. The van der Waals surface area contributed by atoms with Gasteiger partial charge in [0.2, 0.25) is 0 Å². The highest BCUT2D eigenvalue weighted by molar-refractivity contribution is 7.17. The average Bonchev–Trinajstić information content (AvgIpc) is 2.74. The molecule has 0 aliphatic rings. The molecular formula is C12H12F3NOS. The lowest BCUT2D eigenvalue weighted by atomic mass is 10.1. The van der Waals surface area contributed by atoms with Crippen molar-refractivity contribution in [2.24, 2.45) is 5.73 Å².